The highest BCUT2D eigenvalue weighted by Gasteiger charge is 2.25. The van der Waals surface area contributed by atoms with Gasteiger partial charge in [0.25, 0.3) is 0 Å². The summed E-state index contributed by atoms with van der Waals surface area (Å²) in [7, 11) is 0. The summed E-state index contributed by atoms with van der Waals surface area (Å²) in [5.41, 5.74) is 3.77. The molecule has 0 bridgehead atoms. The van der Waals surface area contributed by atoms with Crippen molar-refractivity contribution in [1.29, 1.82) is 0 Å². The quantitative estimate of drug-likeness (QED) is 0.697. The van der Waals surface area contributed by atoms with Crippen LogP contribution in [0, 0.1) is 0 Å². The second kappa shape index (κ2) is 3.37. The Morgan fingerprint density at radius 2 is 2.43 bits per heavy atom. The Morgan fingerprint density at radius 3 is 3.29 bits per heavy atom. The molecule has 2 aliphatic heterocycles. The Balaban J connectivity index is 1.93. The molecule has 2 aliphatic rings. The number of rotatable bonds is 1. The Kier molecular flexibility index (Phi) is 2.03. The van der Waals surface area contributed by atoms with Crippen LogP contribution in [-0.2, 0) is 17.8 Å². The molecular weight excluding hydrogens is 178 g/mol. The number of fused-ring (bicyclic) bond motifs is 1. The predicted molar refractivity (Wildman–Crippen MR) is 51.9 cm³/mol. The van der Waals surface area contributed by atoms with Gasteiger partial charge in [0.15, 0.2) is 0 Å². The maximum atomic E-state index is 5.47. The van der Waals surface area contributed by atoms with Gasteiger partial charge in [-0.3, -0.25) is 5.10 Å². The van der Waals surface area contributed by atoms with Gasteiger partial charge in [-0.15, -0.1) is 0 Å². The first-order valence-electron chi connectivity index (χ1n) is 5.32. The van der Waals surface area contributed by atoms with Gasteiger partial charge in [-0.05, 0) is 19.4 Å². The van der Waals surface area contributed by atoms with Crippen LogP contribution in [0.5, 0.6) is 0 Å². The van der Waals surface area contributed by atoms with Gasteiger partial charge in [-0.2, -0.15) is 5.10 Å². The van der Waals surface area contributed by atoms with Crippen molar-refractivity contribution in [2.75, 3.05) is 13.2 Å². The van der Waals surface area contributed by atoms with Gasteiger partial charge < -0.3 is 10.1 Å². The molecule has 1 fully saturated rings. The smallest absolute Gasteiger partial charge is 0.0849 e. The molecule has 0 aromatic carbocycles. The molecule has 2 N–H and O–H groups in total. The van der Waals surface area contributed by atoms with Crippen LogP contribution in [0.15, 0.2) is 0 Å². The molecule has 1 aromatic rings. The number of H-pyrrole nitrogens is 1. The van der Waals surface area contributed by atoms with E-state index in [1.165, 1.54) is 29.8 Å². The lowest BCUT2D eigenvalue weighted by molar-refractivity contribution is 0.109. The molecule has 0 saturated carbocycles. The second-order valence-corrected chi connectivity index (χ2v) is 4.02. The lowest BCUT2D eigenvalue weighted by atomic mass is 10.0. The highest BCUT2D eigenvalue weighted by atomic mass is 16.5. The molecule has 0 radical (unpaired) electrons. The molecule has 1 atom stereocenters. The number of hydrogen-bond donors (Lipinski definition) is 2. The van der Waals surface area contributed by atoms with Gasteiger partial charge in [-0.1, -0.05) is 0 Å². The number of hydrogen-bond acceptors (Lipinski definition) is 3. The van der Waals surface area contributed by atoms with Crippen molar-refractivity contribution < 1.29 is 4.74 Å². The van der Waals surface area contributed by atoms with Crippen molar-refractivity contribution in [3.63, 3.8) is 0 Å². The Morgan fingerprint density at radius 1 is 1.43 bits per heavy atom. The fourth-order valence-electron chi connectivity index (χ4n) is 2.34. The van der Waals surface area contributed by atoms with Crippen LogP contribution < -0.4 is 5.32 Å². The summed E-state index contributed by atoms with van der Waals surface area (Å²) in [6, 6.07) is 0.455. The molecule has 3 rings (SSSR count). The molecule has 14 heavy (non-hydrogen) atoms. The van der Waals surface area contributed by atoms with Crippen LogP contribution in [0.4, 0.5) is 0 Å². The lowest BCUT2D eigenvalue weighted by Gasteiger charge is -2.15. The van der Waals surface area contributed by atoms with E-state index in [-0.39, 0.29) is 0 Å². The maximum absolute atomic E-state index is 5.47. The van der Waals surface area contributed by atoms with E-state index in [0.29, 0.717) is 6.04 Å². The molecular formula is C10H15N3O. The summed E-state index contributed by atoms with van der Waals surface area (Å²) < 4.78 is 5.47. The van der Waals surface area contributed by atoms with Gasteiger partial charge in [0.1, 0.15) is 0 Å². The summed E-state index contributed by atoms with van der Waals surface area (Å²) in [5, 5.41) is 11.0. The summed E-state index contributed by atoms with van der Waals surface area (Å²) in [5.74, 6) is 0. The van der Waals surface area contributed by atoms with E-state index < -0.39 is 0 Å². The monoisotopic (exact) mass is 193 g/mol. The summed E-state index contributed by atoms with van der Waals surface area (Å²) >= 11 is 0. The predicted octanol–water partition coefficient (Wildman–Crippen LogP) is 0.907. The molecule has 76 valence electrons. The van der Waals surface area contributed by atoms with Crippen molar-refractivity contribution in [1.82, 2.24) is 15.5 Å². The minimum Gasteiger partial charge on any atom is -0.376 e. The standard InChI is InChI=1S/C10H15N3O/c1-2-9(11-4-1)10-7-6-14-5-3-8(7)12-13-10/h9,11H,1-6H2,(H,12,13)/t9-/m0/s1. The van der Waals surface area contributed by atoms with E-state index in [0.717, 1.165) is 26.2 Å². The molecule has 0 spiro atoms. The van der Waals surface area contributed by atoms with Gasteiger partial charge in [0.05, 0.1) is 24.9 Å². The van der Waals surface area contributed by atoms with E-state index in [1.54, 1.807) is 0 Å². The molecule has 1 saturated heterocycles. The fraction of sp³-hybridized carbons (Fsp3) is 0.700. The molecule has 0 aliphatic carbocycles. The molecule has 0 unspecified atom stereocenters. The van der Waals surface area contributed by atoms with Crippen molar-refractivity contribution in [2.45, 2.75) is 31.9 Å². The van der Waals surface area contributed by atoms with Crippen LogP contribution in [0.3, 0.4) is 0 Å². The average Bonchev–Trinajstić information content (AvgIpc) is 2.85. The maximum Gasteiger partial charge on any atom is 0.0849 e. The zero-order chi connectivity index (χ0) is 9.38. The van der Waals surface area contributed by atoms with E-state index in [9.17, 15) is 0 Å². The minimum atomic E-state index is 0.455. The number of aromatic amines is 1. The molecule has 4 nitrogen and oxygen atoms in total. The summed E-state index contributed by atoms with van der Waals surface area (Å²) in [4.78, 5) is 0. The van der Waals surface area contributed by atoms with Gasteiger partial charge in [0.2, 0.25) is 0 Å². The van der Waals surface area contributed by atoms with Crippen molar-refractivity contribution in [3.05, 3.63) is 17.0 Å². The van der Waals surface area contributed by atoms with Crippen molar-refractivity contribution in [3.8, 4) is 0 Å². The van der Waals surface area contributed by atoms with E-state index in [1.807, 2.05) is 0 Å². The number of nitrogens with one attached hydrogen (secondary N) is 2. The van der Waals surface area contributed by atoms with E-state index in [2.05, 4.69) is 15.5 Å². The van der Waals surface area contributed by atoms with Crippen molar-refractivity contribution in [2.24, 2.45) is 0 Å². The third kappa shape index (κ3) is 1.26. The van der Waals surface area contributed by atoms with Gasteiger partial charge >= 0.3 is 0 Å². The first-order valence-corrected chi connectivity index (χ1v) is 5.32. The topological polar surface area (TPSA) is 49.9 Å². The molecule has 1 aromatic heterocycles. The summed E-state index contributed by atoms with van der Waals surface area (Å²) in [6.45, 7) is 2.68. The zero-order valence-corrected chi connectivity index (χ0v) is 8.18. The average molecular weight is 193 g/mol. The normalized spacial score (nSPS) is 26.4. The Hall–Kier alpha value is -0.870. The number of aromatic nitrogens is 2. The first-order chi connectivity index (χ1) is 6.95. The third-order valence-electron chi connectivity index (χ3n) is 3.12. The lowest BCUT2D eigenvalue weighted by Crippen LogP contribution is -2.17. The fourth-order valence-corrected chi connectivity index (χ4v) is 2.34. The van der Waals surface area contributed by atoms with Gasteiger partial charge in [-0.25, -0.2) is 0 Å². The van der Waals surface area contributed by atoms with Crippen LogP contribution in [-0.4, -0.2) is 23.3 Å². The molecule has 4 heteroatoms. The van der Waals surface area contributed by atoms with Crippen LogP contribution in [0.1, 0.15) is 35.8 Å². The van der Waals surface area contributed by atoms with Gasteiger partial charge in [0, 0.05) is 17.7 Å². The second-order valence-electron chi connectivity index (χ2n) is 4.02. The highest BCUT2D eigenvalue weighted by molar-refractivity contribution is 5.29. The number of ether oxygens (including phenoxy) is 1. The van der Waals surface area contributed by atoms with E-state index in [4.69, 9.17) is 4.74 Å². The number of nitrogens with zero attached hydrogens (tertiary/aromatic N) is 1. The van der Waals surface area contributed by atoms with E-state index >= 15 is 0 Å². The Labute approximate surface area is 83.0 Å². The Bertz CT molecular complexity index is 328. The third-order valence-corrected chi connectivity index (χ3v) is 3.12. The minimum absolute atomic E-state index is 0.455. The molecule has 3 heterocycles. The first kappa shape index (κ1) is 8.44. The van der Waals surface area contributed by atoms with Crippen molar-refractivity contribution >= 4 is 0 Å². The van der Waals surface area contributed by atoms with Crippen LogP contribution in [0.25, 0.3) is 0 Å². The van der Waals surface area contributed by atoms with Crippen LogP contribution >= 0.6 is 0 Å². The summed E-state index contributed by atoms with van der Waals surface area (Å²) in [6.07, 6.45) is 3.44. The SMILES string of the molecule is C1CN[C@H](c2n[nH]c3c2COCC3)C1. The van der Waals surface area contributed by atoms with Crippen LogP contribution in [0.2, 0.25) is 0 Å². The zero-order valence-electron chi connectivity index (χ0n) is 8.18. The molecule has 0 amide bonds. The largest absolute Gasteiger partial charge is 0.376 e. The highest BCUT2D eigenvalue weighted by Crippen LogP contribution is 2.28.